The molecule has 1 fully saturated rings. The number of hydrogen-bond donors (Lipinski definition) is 3. The molecule has 0 aromatic carbocycles. The maximum Gasteiger partial charge on any atom is 0.164 e. The Morgan fingerprint density at radius 1 is 1.40 bits per heavy atom. The van der Waals surface area contributed by atoms with Gasteiger partial charge >= 0.3 is 0 Å². The highest BCUT2D eigenvalue weighted by Gasteiger charge is 2.55. The van der Waals surface area contributed by atoms with Crippen molar-refractivity contribution in [3.8, 4) is 0 Å². The monoisotopic (exact) mass is 323 g/mol. The van der Waals surface area contributed by atoms with E-state index in [4.69, 9.17) is 29.2 Å². The molecule has 0 aromatic heterocycles. The quantitative estimate of drug-likeness (QED) is 0.497. The Morgan fingerprint density at radius 3 is 2.35 bits per heavy atom. The van der Waals surface area contributed by atoms with Crippen LogP contribution in [0.4, 0.5) is 4.39 Å². The molecule has 0 bridgehead atoms. The lowest BCUT2D eigenvalue weighted by Gasteiger charge is -2.30. The Balaban J connectivity index is 3.04. The Labute approximate surface area is 127 Å². The molecular weight excluding hydrogens is 305 g/mol. The van der Waals surface area contributed by atoms with Crippen molar-refractivity contribution in [3.63, 3.8) is 0 Å². The van der Waals surface area contributed by atoms with Crippen LogP contribution in [-0.4, -0.2) is 67.4 Å². The highest BCUT2D eigenvalue weighted by Crippen LogP contribution is 2.33. The maximum atomic E-state index is 13.1. The number of ether oxygens (including phenoxy) is 1. The van der Waals surface area contributed by atoms with Gasteiger partial charge in [-0.2, -0.15) is 0 Å². The number of hydrogen-bond acceptors (Lipinski definition) is 6. The standard InChI is InChI=1S/C12H18FNO4S2/c1-7(19)3-4-14(8(2)20)11-9(16)10(17)12(5-13,6-15)18-11/h3-4,9-11,15-17H,5-6H2,1-2H3/b4-3-/t9-,10?,11+,12+/m0/s1. The lowest BCUT2D eigenvalue weighted by molar-refractivity contribution is -0.138. The molecule has 1 aliphatic heterocycles. The largest absolute Gasteiger partial charge is 0.393 e. The van der Waals surface area contributed by atoms with Crippen LogP contribution in [0.25, 0.3) is 0 Å². The van der Waals surface area contributed by atoms with Gasteiger partial charge in [0.25, 0.3) is 0 Å². The van der Waals surface area contributed by atoms with Crippen LogP contribution in [0.15, 0.2) is 12.3 Å². The number of rotatable bonds is 5. The molecule has 1 unspecified atom stereocenters. The maximum absolute atomic E-state index is 13.1. The van der Waals surface area contributed by atoms with E-state index in [0.717, 1.165) is 0 Å². The van der Waals surface area contributed by atoms with Gasteiger partial charge in [-0.15, -0.1) is 0 Å². The van der Waals surface area contributed by atoms with E-state index in [1.54, 1.807) is 19.9 Å². The van der Waals surface area contributed by atoms with Gasteiger partial charge in [-0.1, -0.05) is 24.4 Å². The first-order chi connectivity index (χ1) is 9.29. The number of aliphatic hydroxyl groups is 3. The van der Waals surface area contributed by atoms with Gasteiger partial charge in [0.1, 0.15) is 18.9 Å². The first-order valence-electron chi connectivity index (χ1n) is 5.97. The topological polar surface area (TPSA) is 73.2 Å². The average molecular weight is 323 g/mol. The zero-order chi connectivity index (χ0) is 15.5. The van der Waals surface area contributed by atoms with Crippen molar-refractivity contribution in [1.29, 1.82) is 0 Å². The summed E-state index contributed by atoms with van der Waals surface area (Å²) in [5, 5.41) is 29.1. The van der Waals surface area contributed by atoms with Crippen molar-refractivity contribution in [2.24, 2.45) is 0 Å². The number of thiocarbonyl (C=S) groups is 2. The predicted molar refractivity (Wildman–Crippen MR) is 80.2 cm³/mol. The SMILES string of the molecule is CC(=S)/C=C\N(C(C)=S)[C@@H]1O[C@@](CO)(CF)C(O)[C@@H]1O. The first kappa shape index (κ1) is 17.5. The summed E-state index contributed by atoms with van der Waals surface area (Å²) in [5.41, 5.74) is -1.84. The van der Waals surface area contributed by atoms with Crippen LogP contribution in [0.2, 0.25) is 0 Å². The Kier molecular flexibility index (Phi) is 6.11. The van der Waals surface area contributed by atoms with Gasteiger partial charge in [0.15, 0.2) is 11.8 Å². The minimum Gasteiger partial charge on any atom is -0.393 e. The van der Waals surface area contributed by atoms with Gasteiger partial charge in [0.05, 0.1) is 11.6 Å². The summed E-state index contributed by atoms with van der Waals surface area (Å²) >= 11 is 9.96. The zero-order valence-electron chi connectivity index (χ0n) is 11.2. The number of allylic oxidation sites excluding steroid dienone is 1. The van der Waals surface area contributed by atoms with Gasteiger partial charge in [-0.3, -0.25) is 0 Å². The van der Waals surface area contributed by atoms with E-state index in [9.17, 15) is 19.7 Å². The number of aliphatic hydroxyl groups excluding tert-OH is 3. The molecule has 114 valence electrons. The van der Waals surface area contributed by atoms with E-state index < -0.39 is 37.3 Å². The van der Waals surface area contributed by atoms with Crippen molar-refractivity contribution in [1.82, 2.24) is 4.90 Å². The predicted octanol–water partition coefficient (Wildman–Crippen LogP) is 0.318. The first-order valence-corrected chi connectivity index (χ1v) is 6.79. The third-order valence-corrected chi connectivity index (χ3v) is 3.46. The Morgan fingerprint density at radius 2 is 2.00 bits per heavy atom. The molecule has 1 rings (SSSR count). The molecule has 3 N–H and O–H groups in total. The Hall–Kier alpha value is -0.510. The van der Waals surface area contributed by atoms with E-state index in [1.165, 1.54) is 11.1 Å². The lowest BCUT2D eigenvalue weighted by atomic mass is 9.97. The van der Waals surface area contributed by atoms with Crippen LogP contribution < -0.4 is 0 Å². The number of nitrogens with zero attached hydrogens (tertiary/aromatic N) is 1. The third kappa shape index (κ3) is 3.38. The summed E-state index contributed by atoms with van der Waals surface area (Å²) < 4.78 is 18.4. The van der Waals surface area contributed by atoms with Crippen molar-refractivity contribution < 1.29 is 24.4 Å². The fourth-order valence-corrected chi connectivity index (χ4v) is 2.13. The molecule has 1 aliphatic rings. The van der Waals surface area contributed by atoms with Gasteiger partial charge in [-0.05, 0) is 19.9 Å². The number of alkyl halides is 1. The highest BCUT2D eigenvalue weighted by molar-refractivity contribution is 7.80. The molecule has 8 heteroatoms. The third-order valence-electron chi connectivity index (χ3n) is 3.11. The number of halogens is 1. The molecule has 0 radical (unpaired) electrons. The molecule has 4 atom stereocenters. The molecule has 0 aliphatic carbocycles. The van der Waals surface area contributed by atoms with Gasteiger partial charge in [-0.25, -0.2) is 4.39 Å². The van der Waals surface area contributed by atoms with Crippen LogP contribution in [0.1, 0.15) is 13.8 Å². The zero-order valence-corrected chi connectivity index (χ0v) is 12.8. The lowest BCUT2D eigenvalue weighted by Crippen LogP contribution is -2.48. The molecule has 0 aromatic rings. The second kappa shape index (κ2) is 6.97. The summed E-state index contributed by atoms with van der Waals surface area (Å²) in [6, 6.07) is 0. The molecule has 0 amide bonds. The smallest absolute Gasteiger partial charge is 0.164 e. The molecule has 0 saturated carbocycles. The van der Waals surface area contributed by atoms with Gasteiger partial charge < -0.3 is 25.0 Å². The van der Waals surface area contributed by atoms with Crippen LogP contribution in [0.5, 0.6) is 0 Å². The van der Waals surface area contributed by atoms with Crippen molar-refractivity contribution in [2.45, 2.75) is 37.9 Å². The minimum atomic E-state index is -1.84. The van der Waals surface area contributed by atoms with E-state index in [2.05, 4.69) is 0 Å². The second-order valence-corrected chi connectivity index (χ2v) is 5.89. The molecule has 1 heterocycles. The Bertz CT molecular complexity index is 414. The van der Waals surface area contributed by atoms with Crippen molar-refractivity contribution >= 4 is 34.3 Å². The van der Waals surface area contributed by atoms with Crippen LogP contribution in [0.3, 0.4) is 0 Å². The van der Waals surface area contributed by atoms with Gasteiger partial charge in [0, 0.05) is 11.1 Å². The summed E-state index contributed by atoms with van der Waals surface area (Å²) in [5.74, 6) is 0. The fourth-order valence-electron chi connectivity index (χ4n) is 1.91. The highest BCUT2D eigenvalue weighted by atomic mass is 32.1. The molecule has 20 heavy (non-hydrogen) atoms. The molecular formula is C12H18FNO4S2. The van der Waals surface area contributed by atoms with Crippen molar-refractivity contribution in [3.05, 3.63) is 12.3 Å². The van der Waals surface area contributed by atoms with Crippen LogP contribution >= 0.6 is 24.4 Å². The summed E-state index contributed by atoms with van der Waals surface area (Å²) in [7, 11) is 0. The van der Waals surface area contributed by atoms with E-state index in [0.29, 0.717) is 9.85 Å². The second-order valence-electron chi connectivity index (χ2n) is 4.65. The normalized spacial score (nSPS) is 33.6. The van der Waals surface area contributed by atoms with Gasteiger partial charge in [0.2, 0.25) is 0 Å². The van der Waals surface area contributed by atoms with Crippen LogP contribution in [-0.2, 0) is 4.74 Å². The molecule has 0 spiro atoms. The van der Waals surface area contributed by atoms with Crippen LogP contribution in [0, 0.1) is 0 Å². The fraction of sp³-hybridized carbons (Fsp3) is 0.667. The summed E-state index contributed by atoms with van der Waals surface area (Å²) in [4.78, 5) is 2.30. The van der Waals surface area contributed by atoms with E-state index >= 15 is 0 Å². The summed E-state index contributed by atoms with van der Waals surface area (Å²) in [6.45, 7) is 1.41. The summed E-state index contributed by atoms with van der Waals surface area (Å²) in [6.07, 6.45) is -0.984. The average Bonchev–Trinajstić information content (AvgIpc) is 2.64. The molecule has 1 saturated heterocycles. The van der Waals surface area contributed by atoms with E-state index in [1.807, 2.05) is 0 Å². The van der Waals surface area contributed by atoms with E-state index in [-0.39, 0.29) is 0 Å². The van der Waals surface area contributed by atoms with Crippen molar-refractivity contribution in [2.75, 3.05) is 13.3 Å². The minimum absolute atomic E-state index is 0.348. The molecule has 5 nitrogen and oxygen atoms in total.